The molecule has 0 spiro atoms. The summed E-state index contributed by atoms with van der Waals surface area (Å²) >= 11 is 0. The van der Waals surface area contributed by atoms with Gasteiger partial charge in [-0.1, -0.05) is 263 Å². The quantitative estimate of drug-likeness (QED) is 0.0199. The summed E-state index contributed by atoms with van der Waals surface area (Å²) in [7, 11) is 0. The van der Waals surface area contributed by atoms with Crippen molar-refractivity contribution in [3.8, 4) is 0 Å². The Morgan fingerprint density at radius 1 is 0.299 bits per heavy atom. The number of esters is 3. The van der Waals surface area contributed by atoms with Crippen molar-refractivity contribution in [2.75, 3.05) is 13.2 Å². The zero-order chi connectivity index (χ0) is 48.6. The molecule has 0 aliphatic heterocycles. The third-order valence-electron chi connectivity index (χ3n) is 13.1. The maximum atomic E-state index is 12.9. The summed E-state index contributed by atoms with van der Waals surface area (Å²) in [5.41, 5.74) is 0. The molecular formula is C61H112O6. The van der Waals surface area contributed by atoms with Crippen LogP contribution >= 0.6 is 0 Å². The molecule has 0 saturated heterocycles. The van der Waals surface area contributed by atoms with Gasteiger partial charge in [-0.15, -0.1) is 0 Å². The van der Waals surface area contributed by atoms with Crippen LogP contribution in [-0.2, 0) is 28.6 Å². The Morgan fingerprint density at radius 2 is 0.537 bits per heavy atom. The van der Waals surface area contributed by atoms with Gasteiger partial charge in [0.05, 0.1) is 0 Å². The van der Waals surface area contributed by atoms with Crippen LogP contribution in [0.5, 0.6) is 0 Å². The predicted molar refractivity (Wildman–Crippen MR) is 289 cm³/mol. The first kappa shape index (κ1) is 64.6. The normalized spacial score (nSPS) is 12.2. The van der Waals surface area contributed by atoms with Crippen LogP contribution in [0.1, 0.15) is 316 Å². The highest BCUT2D eigenvalue weighted by molar-refractivity contribution is 5.71. The van der Waals surface area contributed by atoms with E-state index in [0.717, 1.165) is 57.8 Å². The van der Waals surface area contributed by atoms with Gasteiger partial charge in [-0.25, -0.2) is 0 Å². The number of carbonyl (C=O) groups is 3. The van der Waals surface area contributed by atoms with E-state index in [4.69, 9.17) is 14.2 Å². The van der Waals surface area contributed by atoms with E-state index in [-0.39, 0.29) is 31.1 Å². The van der Waals surface area contributed by atoms with Crippen molar-refractivity contribution in [3.63, 3.8) is 0 Å². The van der Waals surface area contributed by atoms with Crippen molar-refractivity contribution in [1.82, 2.24) is 0 Å². The molecule has 1 atom stereocenters. The molecule has 0 aliphatic carbocycles. The molecule has 0 fully saturated rings. The number of unbranched alkanes of at least 4 members (excludes halogenated alkanes) is 38. The topological polar surface area (TPSA) is 78.9 Å². The number of hydrogen-bond acceptors (Lipinski definition) is 6. The van der Waals surface area contributed by atoms with Gasteiger partial charge < -0.3 is 14.2 Å². The van der Waals surface area contributed by atoms with E-state index in [9.17, 15) is 14.4 Å². The molecule has 0 bridgehead atoms. The Kier molecular flexibility index (Phi) is 54.2. The van der Waals surface area contributed by atoms with Crippen molar-refractivity contribution >= 4 is 17.9 Å². The molecule has 6 heteroatoms. The van der Waals surface area contributed by atoms with Crippen LogP contribution in [0.4, 0.5) is 0 Å². The number of ether oxygens (including phenoxy) is 3. The van der Waals surface area contributed by atoms with E-state index in [1.54, 1.807) is 0 Å². The fourth-order valence-corrected chi connectivity index (χ4v) is 8.67. The molecule has 0 rings (SSSR count). The lowest BCUT2D eigenvalue weighted by molar-refractivity contribution is -0.167. The summed E-state index contributed by atoms with van der Waals surface area (Å²) < 4.78 is 16.9. The van der Waals surface area contributed by atoms with E-state index in [1.165, 1.54) is 218 Å². The highest BCUT2D eigenvalue weighted by Gasteiger charge is 2.19. The molecule has 0 saturated carbocycles. The molecule has 0 aromatic carbocycles. The molecule has 67 heavy (non-hydrogen) atoms. The highest BCUT2D eigenvalue weighted by atomic mass is 16.6. The van der Waals surface area contributed by atoms with Gasteiger partial charge in [-0.2, -0.15) is 0 Å². The Morgan fingerprint density at radius 3 is 0.866 bits per heavy atom. The van der Waals surface area contributed by atoms with Gasteiger partial charge in [0.15, 0.2) is 6.10 Å². The van der Waals surface area contributed by atoms with Crippen molar-refractivity contribution in [2.45, 2.75) is 322 Å². The average molecular weight is 942 g/mol. The Labute approximate surface area is 416 Å². The summed E-state index contributed by atoms with van der Waals surface area (Å²) in [5.74, 6) is -0.863. The van der Waals surface area contributed by atoms with Crippen LogP contribution in [0.3, 0.4) is 0 Å². The largest absolute Gasteiger partial charge is 0.462 e. The molecule has 0 N–H and O–H groups in total. The fraction of sp³-hybridized carbons (Fsp3) is 0.852. The second-order valence-electron chi connectivity index (χ2n) is 19.9. The SMILES string of the molecule is CCCCC/C=C\C=C/CCCCCCCCCCCCC(=O)OCC(COC(=O)CCCCCCCCCCCCC)OC(=O)CCCCCCCCC/C=C\CCCCCCCCCC. The number of rotatable bonds is 54. The summed E-state index contributed by atoms with van der Waals surface area (Å²) in [6, 6.07) is 0. The summed E-state index contributed by atoms with van der Waals surface area (Å²) in [4.78, 5) is 38.1. The Balaban J connectivity index is 4.30. The first-order chi connectivity index (χ1) is 33.0. The molecule has 6 nitrogen and oxygen atoms in total. The molecule has 0 aliphatic rings. The first-order valence-electron chi connectivity index (χ1n) is 29.5. The molecule has 0 aromatic heterocycles. The van der Waals surface area contributed by atoms with Crippen LogP contribution in [0.15, 0.2) is 36.5 Å². The number of hydrogen-bond donors (Lipinski definition) is 0. The minimum absolute atomic E-state index is 0.0713. The van der Waals surface area contributed by atoms with Crippen molar-refractivity contribution in [2.24, 2.45) is 0 Å². The Hall–Kier alpha value is -2.37. The van der Waals surface area contributed by atoms with E-state index in [2.05, 4.69) is 57.2 Å². The Bertz CT molecular complexity index is 1130. The minimum atomic E-state index is -0.772. The highest BCUT2D eigenvalue weighted by Crippen LogP contribution is 2.16. The lowest BCUT2D eigenvalue weighted by Gasteiger charge is -2.18. The van der Waals surface area contributed by atoms with E-state index >= 15 is 0 Å². The first-order valence-corrected chi connectivity index (χ1v) is 29.5. The fourth-order valence-electron chi connectivity index (χ4n) is 8.67. The lowest BCUT2D eigenvalue weighted by Crippen LogP contribution is -2.30. The second kappa shape index (κ2) is 56.2. The van der Waals surface area contributed by atoms with Gasteiger partial charge in [0, 0.05) is 19.3 Å². The van der Waals surface area contributed by atoms with Gasteiger partial charge in [0.25, 0.3) is 0 Å². The number of carbonyl (C=O) groups excluding carboxylic acids is 3. The smallest absolute Gasteiger partial charge is 0.306 e. The molecular weight excluding hydrogens is 829 g/mol. The zero-order valence-electron chi connectivity index (χ0n) is 44.9. The molecule has 392 valence electrons. The minimum Gasteiger partial charge on any atom is -0.462 e. The van der Waals surface area contributed by atoms with Gasteiger partial charge in [-0.3, -0.25) is 14.4 Å². The molecule has 1 unspecified atom stereocenters. The summed E-state index contributed by atoms with van der Waals surface area (Å²) in [6.07, 6.45) is 67.1. The molecule has 0 amide bonds. The third kappa shape index (κ3) is 54.4. The zero-order valence-corrected chi connectivity index (χ0v) is 44.9. The van der Waals surface area contributed by atoms with Crippen LogP contribution in [-0.4, -0.2) is 37.2 Å². The molecule has 0 radical (unpaired) electrons. The van der Waals surface area contributed by atoms with E-state index in [0.29, 0.717) is 19.3 Å². The van der Waals surface area contributed by atoms with Crippen LogP contribution in [0.25, 0.3) is 0 Å². The standard InChI is InChI=1S/C61H112O6/c1-4-7-10-13-16-19-22-24-26-28-30-32-34-36-39-42-45-48-51-54-60(63)66-57-58(56-65-59(62)53-50-47-44-41-38-21-18-15-12-9-6-3)67-61(64)55-52-49-46-43-40-37-35-33-31-29-27-25-23-20-17-14-11-8-5-2/h16,19,22,24,29,31,58H,4-15,17-18,20-21,23,25-28,30,32-57H2,1-3H3/b19-16-,24-22-,31-29-. The monoisotopic (exact) mass is 941 g/mol. The van der Waals surface area contributed by atoms with Crippen molar-refractivity contribution < 1.29 is 28.6 Å². The van der Waals surface area contributed by atoms with Gasteiger partial charge >= 0.3 is 17.9 Å². The van der Waals surface area contributed by atoms with Crippen molar-refractivity contribution in [1.29, 1.82) is 0 Å². The predicted octanol–water partition coefficient (Wildman–Crippen LogP) is 19.7. The van der Waals surface area contributed by atoms with Crippen molar-refractivity contribution in [3.05, 3.63) is 36.5 Å². The van der Waals surface area contributed by atoms with Crippen LogP contribution < -0.4 is 0 Å². The van der Waals surface area contributed by atoms with Crippen LogP contribution in [0.2, 0.25) is 0 Å². The van der Waals surface area contributed by atoms with E-state index in [1.807, 2.05) is 0 Å². The van der Waals surface area contributed by atoms with Gasteiger partial charge in [0.1, 0.15) is 13.2 Å². The van der Waals surface area contributed by atoms with E-state index < -0.39 is 6.10 Å². The third-order valence-corrected chi connectivity index (χ3v) is 13.1. The number of allylic oxidation sites excluding steroid dienone is 6. The molecule has 0 heterocycles. The van der Waals surface area contributed by atoms with Gasteiger partial charge in [-0.05, 0) is 70.6 Å². The molecule has 0 aromatic rings. The average Bonchev–Trinajstić information content (AvgIpc) is 3.33. The summed E-state index contributed by atoms with van der Waals surface area (Å²) in [5, 5.41) is 0. The lowest BCUT2D eigenvalue weighted by atomic mass is 10.1. The second-order valence-corrected chi connectivity index (χ2v) is 19.9. The van der Waals surface area contributed by atoms with Crippen LogP contribution in [0, 0.1) is 0 Å². The maximum absolute atomic E-state index is 12.9. The summed E-state index contributed by atoms with van der Waals surface area (Å²) in [6.45, 7) is 6.64. The maximum Gasteiger partial charge on any atom is 0.306 e. The van der Waals surface area contributed by atoms with Gasteiger partial charge in [0.2, 0.25) is 0 Å².